The van der Waals surface area contributed by atoms with Crippen LogP contribution in [0.2, 0.25) is 0 Å². The first-order valence-corrected chi connectivity index (χ1v) is 14.6. The summed E-state index contributed by atoms with van der Waals surface area (Å²) in [5.41, 5.74) is 0.953. The zero-order chi connectivity index (χ0) is 25.2. The molecule has 0 unspecified atom stereocenters. The summed E-state index contributed by atoms with van der Waals surface area (Å²) in [5.74, 6) is -0.944. The predicted molar refractivity (Wildman–Crippen MR) is 133 cm³/mol. The lowest BCUT2D eigenvalue weighted by molar-refractivity contribution is -0.138. The summed E-state index contributed by atoms with van der Waals surface area (Å²) in [7, 11) is -3.96. The second-order valence-corrected chi connectivity index (χ2v) is 12.0. The average Bonchev–Trinajstić information content (AvgIpc) is 3.18. The number of carbonyl (C=O) groups excluding carboxylic acids is 2. The Morgan fingerprint density at radius 2 is 1.63 bits per heavy atom. The second-order valence-electron chi connectivity index (χ2n) is 10.2. The first-order valence-electron chi connectivity index (χ1n) is 13.1. The number of rotatable bonds is 6. The number of piperidine rings is 1. The highest BCUT2D eigenvalue weighted by molar-refractivity contribution is 7.89. The van der Waals surface area contributed by atoms with Crippen LogP contribution in [0.5, 0.6) is 0 Å². The molecule has 1 aromatic rings. The van der Waals surface area contributed by atoms with Gasteiger partial charge in [-0.1, -0.05) is 19.3 Å². The van der Waals surface area contributed by atoms with Gasteiger partial charge in [0, 0.05) is 56.7 Å². The molecule has 1 N–H and O–H groups in total. The molecule has 10 heteroatoms. The highest BCUT2D eigenvalue weighted by Gasteiger charge is 2.39. The van der Waals surface area contributed by atoms with Crippen molar-refractivity contribution in [1.82, 2.24) is 19.1 Å². The molecule has 1 atom stereocenters. The Labute approximate surface area is 209 Å². The van der Waals surface area contributed by atoms with Gasteiger partial charge < -0.3 is 14.6 Å². The maximum Gasteiger partial charge on any atom is 0.341 e. The van der Waals surface area contributed by atoms with Crippen molar-refractivity contribution in [3.63, 3.8) is 0 Å². The highest BCUT2D eigenvalue weighted by atomic mass is 32.2. The number of nitrogens with zero attached hydrogens (tertiary/aromatic N) is 3. The molecule has 1 aliphatic carbocycles. The summed E-state index contributed by atoms with van der Waals surface area (Å²) in [6.45, 7) is 8.89. The summed E-state index contributed by atoms with van der Waals surface area (Å²) < 4.78 is 33.9. The van der Waals surface area contributed by atoms with E-state index in [1.54, 1.807) is 20.8 Å². The van der Waals surface area contributed by atoms with Crippen LogP contribution in [0, 0.1) is 19.8 Å². The zero-order valence-electron chi connectivity index (χ0n) is 21.3. The van der Waals surface area contributed by atoms with Crippen molar-refractivity contribution in [2.45, 2.75) is 76.7 Å². The number of H-pyrrole nitrogens is 1. The van der Waals surface area contributed by atoms with Gasteiger partial charge in [0.05, 0.1) is 12.5 Å². The van der Waals surface area contributed by atoms with E-state index in [0.29, 0.717) is 49.9 Å². The number of ether oxygens (including phenoxy) is 1. The first-order chi connectivity index (χ1) is 16.7. The van der Waals surface area contributed by atoms with Crippen LogP contribution in [-0.4, -0.2) is 91.3 Å². The molecule has 4 rings (SSSR count). The van der Waals surface area contributed by atoms with Crippen LogP contribution in [0.15, 0.2) is 4.90 Å². The van der Waals surface area contributed by atoms with E-state index in [-0.39, 0.29) is 35.4 Å². The standard InChI is InChI=1S/C25H40N4O5S/c1-4-34-25(31)22-18(2)26-19(3)23(22)35(32,33)29-12-8-9-20(17-29)24(30)28-15-13-27(14-16-28)21-10-6-5-7-11-21/h20-21,26H,4-17H2,1-3H3/t20-/m1/s1. The normalized spacial score (nSPS) is 23.4. The van der Waals surface area contributed by atoms with Crippen molar-refractivity contribution in [3.8, 4) is 0 Å². The van der Waals surface area contributed by atoms with Gasteiger partial charge in [-0.3, -0.25) is 9.69 Å². The topological polar surface area (TPSA) is 103 Å². The number of amides is 1. The van der Waals surface area contributed by atoms with Gasteiger partial charge in [0.1, 0.15) is 10.5 Å². The highest BCUT2D eigenvalue weighted by Crippen LogP contribution is 2.31. The van der Waals surface area contributed by atoms with Crippen molar-refractivity contribution in [2.75, 3.05) is 45.9 Å². The number of piperazine rings is 1. The fourth-order valence-corrected chi connectivity index (χ4v) is 7.97. The van der Waals surface area contributed by atoms with Crippen molar-refractivity contribution < 1.29 is 22.7 Å². The molecule has 0 spiro atoms. The number of sulfonamides is 1. The Kier molecular flexibility index (Phi) is 8.23. The molecule has 0 bridgehead atoms. The van der Waals surface area contributed by atoms with Gasteiger partial charge in [0.2, 0.25) is 15.9 Å². The molecule has 196 valence electrons. The average molecular weight is 509 g/mol. The van der Waals surface area contributed by atoms with E-state index in [1.807, 2.05) is 4.90 Å². The van der Waals surface area contributed by atoms with Crippen LogP contribution in [-0.2, 0) is 19.6 Å². The van der Waals surface area contributed by atoms with Crippen molar-refractivity contribution in [2.24, 2.45) is 5.92 Å². The van der Waals surface area contributed by atoms with Crippen molar-refractivity contribution >= 4 is 21.9 Å². The van der Waals surface area contributed by atoms with Gasteiger partial charge in [-0.2, -0.15) is 4.31 Å². The molecular formula is C25H40N4O5S. The number of esters is 1. The Balaban J connectivity index is 1.44. The first kappa shape index (κ1) is 26.2. The van der Waals surface area contributed by atoms with Crippen LogP contribution < -0.4 is 0 Å². The third kappa shape index (κ3) is 5.44. The zero-order valence-corrected chi connectivity index (χ0v) is 22.2. The Hall–Kier alpha value is -1.91. The van der Waals surface area contributed by atoms with E-state index in [0.717, 1.165) is 13.1 Å². The minimum atomic E-state index is -3.96. The van der Waals surface area contributed by atoms with Gasteiger partial charge in [-0.25, -0.2) is 13.2 Å². The summed E-state index contributed by atoms with van der Waals surface area (Å²) in [6.07, 6.45) is 7.75. The third-order valence-corrected chi connectivity index (χ3v) is 9.88. The Morgan fingerprint density at radius 1 is 0.943 bits per heavy atom. The van der Waals surface area contributed by atoms with E-state index in [1.165, 1.54) is 36.4 Å². The van der Waals surface area contributed by atoms with E-state index < -0.39 is 16.0 Å². The van der Waals surface area contributed by atoms with Gasteiger partial charge >= 0.3 is 5.97 Å². The number of hydrogen-bond acceptors (Lipinski definition) is 6. The lowest BCUT2D eigenvalue weighted by Gasteiger charge is -2.42. The minimum absolute atomic E-state index is 0.0253. The molecule has 35 heavy (non-hydrogen) atoms. The van der Waals surface area contributed by atoms with Crippen LogP contribution in [0.3, 0.4) is 0 Å². The molecule has 0 radical (unpaired) electrons. The fraction of sp³-hybridized carbons (Fsp3) is 0.760. The quantitative estimate of drug-likeness (QED) is 0.593. The third-order valence-electron chi connectivity index (χ3n) is 7.85. The summed E-state index contributed by atoms with van der Waals surface area (Å²) >= 11 is 0. The summed E-state index contributed by atoms with van der Waals surface area (Å²) in [6, 6.07) is 0.651. The van der Waals surface area contributed by atoms with Gasteiger partial charge in [-0.05, 0) is 46.5 Å². The number of aryl methyl sites for hydroxylation is 2. The lowest BCUT2D eigenvalue weighted by Crippen LogP contribution is -2.55. The number of aromatic amines is 1. The minimum Gasteiger partial charge on any atom is -0.462 e. The summed E-state index contributed by atoms with van der Waals surface area (Å²) in [4.78, 5) is 33.4. The van der Waals surface area contributed by atoms with Gasteiger partial charge in [-0.15, -0.1) is 0 Å². The lowest BCUT2D eigenvalue weighted by atomic mass is 9.93. The molecule has 2 saturated heterocycles. The van der Waals surface area contributed by atoms with Crippen molar-refractivity contribution in [1.29, 1.82) is 0 Å². The largest absolute Gasteiger partial charge is 0.462 e. The smallest absolute Gasteiger partial charge is 0.341 e. The summed E-state index contributed by atoms with van der Waals surface area (Å²) in [5, 5.41) is 0. The molecular weight excluding hydrogens is 468 g/mol. The number of nitrogens with one attached hydrogen (secondary N) is 1. The molecule has 1 amide bonds. The molecule has 9 nitrogen and oxygen atoms in total. The van der Waals surface area contributed by atoms with Crippen LogP contribution in [0.25, 0.3) is 0 Å². The Morgan fingerprint density at radius 3 is 2.29 bits per heavy atom. The molecule has 3 fully saturated rings. The molecule has 1 saturated carbocycles. The van der Waals surface area contributed by atoms with Gasteiger partial charge in [0.25, 0.3) is 0 Å². The van der Waals surface area contributed by atoms with E-state index >= 15 is 0 Å². The van der Waals surface area contributed by atoms with E-state index in [9.17, 15) is 18.0 Å². The number of hydrogen-bond donors (Lipinski definition) is 1. The Bertz CT molecular complexity index is 1020. The van der Waals surface area contributed by atoms with Crippen LogP contribution in [0.1, 0.15) is 73.6 Å². The van der Waals surface area contributed by atoms with E-state index in [2.05, 4.69) is 9.88 Å². The molecule has 3 heterocycles. The number of aromatic nitrogens is 1. The van der Waals surface area contributed by atoms with Crippen LogP contribution >= 0.6 is 0 Å². The van der Waals surface area contributed by atoms with E-state index in [4.69, 9.17) is 4.74 Å². The van der Waals surface area contributed by atoms with Crippen LogP contribution in [0.4, 0.5) is 0 Å². The molecule has 3 aliphatic rings. The predicted octanol–water partition coefficient (Wildman–Crippen LogP) is 2.69. The monoisotopic (exact) mass is 508 g/mol. The maximum atomic E-state index is 13.7. The molecule has 0 aromatic carbocycles. The van der Waals surface area contributed by atoms with Crippen molar-refractivity contribution in [3.05, 3.63) is 17.0 Å². The van der Waals surface area contributed by atoms with Gasteiger partial charge in [0.15, 0.2) is 0 Å². The number of carbonyl (C=O) groups is 2. The molecule has 1 aromatic heterocycles. The molecule has 2 aliphatic heterocycles. The fourth-order valence-electron chi connectivity index (χ4n) is 6.03. The SMILES string of the molecule is CCOC(=O)c1c(C)[nH]c(C)c1S(=O)(=O)N1CCC[C@@H](C(=O)N2CCN(C3CCCCC3)CC2)C1. The maximum absolute atomic E-state index is 13.7. The second kappa shape index (κ2) is 11.0.